The molecular weight excluding hydrogens is 300 g/mol. The van der Waals surface area contributed by atoms with Crippen molar-refractivity contribution in [1.82, 2.24) is 4.98 Å². The molecule has 6 heteroatoms. The predicted octanol–water partition coefficient (Wildman–Crippen LogP) is 3.32. The lowest BCUT2D eigenvalue weighted by Crippen LogP contribution is -2.47. The maximum Gasteiger partial charge on any atom is 0.387 e. The number of aryl methyl sites for hydroxylation is 1. The van der Waals surface area contributed by atoms with Gasteiger partial charge in [-0.05, 0) is 30.7 Å². The van der Waals surface area contributed by atoms with Crippen molar-refractivity contribution in [2.45, 2.75) is 13.5 Å². The van der Waals surface area contributed by atoms with Crippen LogP contribution in [0, 0.1) is 6.92 Å². The highest BCUT2D eigenvalue weighted by Crippen LogP contribution is 2.23. The van der Waals surface area contributed by atoms with Crippen LogP contribution in [0.4, 0.5) is 20.3 Å². The van der Waals surface area contributed by atoms with E-state index in [0.717, 1.165) is 32.0 Å². The molecule has 1 aromatic carbocycles. The van der Waals surface area contributed by atoms with Crippen molar-refractivity contribution in [3.05, 3.63) is 48.2 Å². The fraction of sp³-hybridized carbons (Fsp3) is 0.353. The monoisotopic (exact) mass is 319 g/mol. The second-order valence-electron chi connectivity index (χ2n) is 5.49. The largest absolute Gasteiger partial charge is 0.433 e. The molecule has 0 saturated carbocycles. The highest BCUT2D eigenvalue weighted by atomic mass is 19.3. The number of ether oxygens (including phenoxy) is 1. The van der Waals surface area contributed by atoms with Gasteiger partial charge in [-0.25, -0.2) is 4.98 Å². The number of nitrogens with zero attached hydrogens (tertiary/aromatic N) is 3. The zero-order valence-corrected chi connectivity index (χ0v) is 13.0. The van der Waals surface area contributed by atoms with Crippen LogP contribution in [0.3, 0.4) is 0 Å². The van der Waals surface area contributed by atoms with Gasteiger partial charge < -0.3 is 14.5 Å². The van der Waals surface area contributed by atoms with E-state index in [-0.39, 0.29) is 5.75 Å². The fourth-order valence-electron chi connectivity index (χ4n) is 2.83. The summed E-state index contributed by atoms with van der Waals surface area (Å²) in [5, 5.41) is 0. The van der Waals surface area contributed by atoms with E-state index < -0.39 is 6.61 Å². The Morgan fingerprint density at radius 3 is 2.30 bits per heavy atom. The maximum absolute atomic E-state index is 12.1. The molecule has 0 spiro atoms. The average molecular weight is 319 g/mol. The number of hydrogen-bond donors (Lipinski definition) is 0. The van der Waals surface area contributed by atoms with Crippen molar-refractivity contribution >= 4 is 11.5 Å². The van der Waals surface area contributed by atoms with Crippen molar-refractivity contribution in [2.75, 3.05) is 36.0 Å². The lowest BCUT2D eigenvalue weighted by molar-refractivity contribution is -0.0500. The highest BCUT2D eigenvalue weighted by Gasteiger charge is 2.19. The molecule has 23 heavy (non-hydrogen) atoms. The van der Waals surface area contributed by atoms with Crippen molar-refractivity contribution < 1.29 is 13.5 Å². The number of pyridine rings is 1. The van der Waals surface area contributed by atoms with E-state index in [9.17, 15) is 8.78 Å². The van der Waals surface area contributed by atoms with Crippen LogP contribution in [-0.2, 0) is 0 Å². The minimum absolute atomic E-state index is 0.0855. The van der Waals surface area contributed by atoms with Crippen LogP contribution < -0.4 is 14.5 Å². The quantitative estimate of drug-likeness (QED) is 0.864. The zero-order chi connectivity index (χ0) is 16.2. The van der Waals surface area contributed by atoms with Gasteiger partial charge in [-0.1, -0.05) is 18.2 Å². The zero-order valence-electron chi connectivity index (χ0n) is 13.0. The van der Waals surface area contributed by atoms with Gasteiger partial charge in [-0.15, -0.1) is 0 Å². The van der Waals surface area contributed by atoms with E-state index in [1.54, 1.807) is 6.07 Å². The SMILES string of the molecule is Cc1ccccc1N1CCN(c2ccc(OC(F)F)cn2)CC1. The molecule has 1 aliphatic heterocycles. The molecule has 3 rings (SSSR count). The van der Waals surface area contributed by atoms with E-state index in [0.29, 0.717) is 0 Å². The lowest BCUT2D eigenvalue weighted by Gasteiger charge is -2.37. The van der Waals surface area contributed by atoms with Gasteiger partial charge in [0.25, 0.3) is 0 Å². The van der Waals surface area contributed by atoms with Gasteiger partial charge in [0.15, 0.2) is 0 Å². The van der Waals surface area contributed by atoms with E-state index >= 15 is 0 Å². The molecule has 1 saturated heterocycles. The second-order valence-corrected chi connectivity index (χ2v) is 5.49. The van der Waals surface area contributed by atoms with Crippen molar-refractivity contribution in [1.29, 1.82) is 0 Å². The Morgan fingerprint density at radius 2 is 1.70 bits per heavy atom. The molecule has 122 valence electrons. The first-order valence-electron chi connectivity index (χ1n) is 7.60. The topological polar surface area (TPSA) is 28.6 Å². The summed E-state index contributed by atoms with van der Waals surface area (Å²) in [7, 11) is 0. The number of para-hydroxylation sites is 1. The van der Waals surface area contributed by atoms with Crippen LogP contribution in [0.15, 0.2) is 42.6 Å². The first-order valence-corrected chi connectivity index (χ1v) is 7.60. The highest BCUT2D eigenvalue weighted by molar-refractivity contribution is 5.54. The third-order valence-electron chi connectivity index (χ3n) is 4.01. The first-order chi connectivity index (χ1) is 11.1. The summed E-state index contributed by atoms with van der Waals surface area (Å²) in [5.74, 6) is 0.873. The molecular formula is C17H19F2N3O. The van der Waals surface area contributed by atoms with Gasteiger partial charge >= 0.3 is 6.61 Å². The lowest BCUT2D eigenvalue weighted by atomic mass is 10.1. The molecule has 2 heterocycles. The maximum atomic E-state index is 12.1. The molecule has 1 aliphatic rings. The number of hydrogen-bond acceptors (Lipinski definition) is 4. The van der Waals surface area contributed by atoms with Crippen molar-refractivity contribution in [2.24, 2.45) is 0 Å². The molecule has 0 radical (unpaired) electrons. The number of rotatable bonds is 4. The molecule has 0 aliphatic carbocycles. The molecule has 0 atom stereocenters. The van der Waals surface area contributed by atoms with Crippen LogP contribution in [-0.4, -0.2) is 37.8 Å². The fourth-order valence-corrected chi connectivity index (χ4v) is 2.83. The Kier molecular flexibility index (Phi) is 4.60. The predicted molar refractivity (Wildman–Crippen MR) is 86.5 cm³/mol. The standard InChI is InChI=1S/C17H19F2N3O/c1-13-4-2-3-5-15(13)21-8-10-22(11-9-21)16-7-6-14(12-20-16)23-17(18)19/h2-7,12,17H,8-11H2,1H3. The van der Waals surface area contributed by atoms with Gasteiger partial charge in [0.2, 0.25) is 0 Å². The van der Waals surface area contributed by atoms with Crippen LogP contribution in [0.5, 0.6) is 5.75 Å². The summed E-state index contributed by atoms with van der Waals surface area (Å²) in [6, 6.07) is 11.6. The van der Waals surface area contributed by atoms with Crippen molar-refractivity contribution in [3.8, 4) is 5.75 Å². The molecule has 1 aromatic heterocycles. The number of alkyl halides is 2. The summed E-state index contributed by atoms with van der Waals surface area (Å²) in [5.41, 5.74) is 2.54. The Balaban J connectivity index is 1.61. The van der Waals surface area contributed by atoms with E-state index in [4.69, 9.17) is 0 Å². The number of halogens is 2. The Labute approximate surface area is 134 Å². The van der Waals surface area contributed by atoms with Crippen LogP contribution in [0.2, 0.25) is 0 Å². The molecule has 4 nitrogen and oxygen atoms in total. The second kappa shape index (κ2) is 6.81. The molecule has 2 aromatic rings. The molecule has 0 amide bonds. The van der Waals surface area contributed by atoms with E-state index in [1.165, 1.54) is 23.5 Å². The van der Waals surface area contributed by atoms with Gasteiger partial charge in [-0.3, -0.25) is 0 Å². The van der Waals surface area contributed by atoms with Crippen LogP contribution in [0.25, 0.3) is 0 Å². The summed E-state index contributed by atoms with van der Waals surface area (Å²) in [6.45, 7) is 2.79. The van der Waals surface area contributed by atoms with Gasteiger partial charge in [0.05, 0.1) is 6.20 Å². The normalized spacial score (nSPS) is 15.1. The summed E-state index contributed by atoms with van der Waals surface area (Å²) >= 11 is 0. The summed E-state index contributed by atoms with van der Waals surface area (Å²) < 4.78 is 28.6. The van der Waals surface area contributed by atoms with Crippen LogP contribution in [0.1, 0.15) is 5.56 Å². The summed E-state index contributed by atoms with van der Waals surface area (Å²) in [4.78, 5) is 8.73. The van der Waals surface area contributed by atoms with Gasteiger partial charge in [0, 0.05) is 31.9 Å². The summed E-state index contributed by atoms with van der Waals surface area (Å²) in [6.07, 6.45) is 1.34. The minimum atomic E-state index is -2.82. The molecule has 0 N–H and O–H groups in total. The Morgan fingerprint density at radius 1 is 1.00 bits per heavy atom. The third-order valence-corrected chi connectivity index (χ3v) is 4.01. The Bertz CT molecular complexity index is 641. The average Bonchev–Trinajstić information content (AvgIpc) is 2.56. The van der Waals surface area contributed by atoms with E-state index in [1.807, 2.05) is 6.07 Å². The minimum Gasteiger partial charge on any atom is -0.433 e. The number of anilines is 2. The number of piperazine rings is 1. The van der Waals surface area contributed by atoms with Gasteiger partial charge in [0.1, 0.15) is 11.6 Å². The third kappa shape index (κ3) is 3.70. The Hall–Kier alpha value is -2.37. The number of aromatic nitrogens is 1. The van der Waals surface area contributed by atoms with E-state index in [2.05, 4.69) is 44.6 Å². The van der Waals surface area contributed by atoms with Crippen molar-refractivity contribution in [3.63, 3.8) is 0 Å². The first kappa shape index (κ1) is 15.5. The smallest absolute Gasteiger partial charge is 0.387 e. The molecule has 0 bridgehead atoms. The number of benzene rings is 1. The molecule has 0 unspecified atom stereocenters. The molecule has 1 fully saturated rings. The van der Waals surface area contributed by atoms with Gasteiger partial charge in [-0.2, -0.15) is 8.78 Å². The van der Waals surface area contributed by atoms with Crippen LogP contribution >= 0.6 is 0 Å².